The molecule has 1 aliphatic heterocycles. The van der Waals surface area contributed by atoms with E-state index < -0.39 is 0 Å². The van der Waals surface area contributed by atoms with Crippen LogP contribution in [-0.4, -0.2) is 58.3 Å². The predicted molar refractivity (Wildman–Crippen MR) is 103 cm³/mol. The molecule has 2 aliphatic rings. The second-order valence-electron chi connectivity index (χ2n) is 9.13. The molecule has 3 aromatic heterocycles. The lowest BCUT2D eigenvalue weighted by Crippen LogP contribution is -2.24. The lowest BCUT2D eigenvalue weighted by atomic mass is 9.96. The normalized spacial score (nSPS) is 20.4. The average Bonchev–Trinajstić information content (AvgIpc) is 3.02. The van der Waals surface area contributed by atoms with Crippen molar-refractivity contribution in [1.82, 2.24) is 45.2 Å². The number of hydrogen-bond donors (Lipinski definition) is 0. The fraction of sp³-hybridized carbons (Fsp3) is 0.722. The molecule has 2 fully saturated rings. The molecule has 0 aromatic carbocycles. The van der Waals surface area contributed by atoms with E-state index in [2.05, 4.69) is 53.2 Å². The van der Waals surface area contributed by atoms with E-state index in [1.807, 2.05) is 4.68 Å². The first-order valence-corrected chi connectivity index (χ1v) is 10.0. The molecule has 0 spiro atoms. The van der Waals surface area contributed by atoms with Gasteiger partial charge in [-0.2, -0.15) is 4.80 Å². The molecule has 1 aliphatic carbocycles. The highest BCUT2D eigenvalue weighted by Gasteiger charge is 2.30. The predicted octanol–water partition coefficient (Wildman–Crippen LogP) is 1.73. The summed E-state index contributed by atoms with van der Waals surface area (Å²) in [7, 11) is 0. The topological polar surface area (TPSA) is 103 Å². The van der Waals surface area contributed by atoms with E-state index in [1.54, 1.807) is 4.80 Å². The fourth-order valence-electron chi connectivity index (χ4n) is 3.64. The van der Waals surface area contributed by atoms with Crippen molar-refractivity contribution in [3.05, 3.63) is 11.6 Å². The lowest BCUT2D eigenvalue weighted by Gasteiger charge is -2.21. The number of rotatable bonds is 4. The minimum Gasteiger partial charge on any atom is -0.354 e. The number of aromatic nitrogens is 9. The van der Waals surface area contributed by atoms with Crippen LogP contribution in [0.25, 0.3) is 11.2 Å². The molecule has 28 heavy (non-hydrogen) atoms. The van der Waals surface area contributed by atoms with Gasteiger partial charge in [0.1, 0.15) is 12.4 Å². The zero-order valence-electron chi connectivity index (χ0n) is 16.9. The Morgan fingerprint density at radius 2 is 1.89 bits per heavy atom. The van der Waals surface area contributed by atoms with Crippen molar-refractivity contribution in [2.45, 2.75) is 65.0 Å². The Balaban J connectivity index is 1.56. The van der Waals surface area contributed by atoms with Gasteiger partial charge in [0.05, 0.1) is 6.04 Å². The van der Waals surface area contributed by atoms with Gasteiger partial charge in [-0.3, -0.25) is 0 Å². The summed E-state index contributed by atoms with van der Waals surface area (Å²) < 4.78 is 1.89. The van der Waals surface area contributed by atoms with E-state index >= 15 is 0 Å². The Bertz CT molecular complexity index is 1010. The van der Waals surface area contributed by atoms with E-state index in [0.29, 0.717) is 24.2 Å². The fourth-order valence-corrected chi connectivity index (χ4v) is 3.64. The highest BCUT2D eigenvalue weighted by molar-refractivity contribution is 5.82. The summed E-state index contributed by atoms with van der Waals surface area (Å²) in [6.07, 6.45) is 3.43. The third-order valence-electron chi connectivity index (χ3n) is 5.40. The summed E-state index contributed by atoms with van der Waals surface area (Å²) in [5.74, 6) is 3.13. The monoisotopic (exact) mass is 382 g/mol. The van der Waals surface area contributed by atoms with Gasteiger partial charge in [-0.1, -0.05) is 27.7 Å². The van der Waals surface area contributed by atoms with E-state index in [9.17, 15) is 0 Å². The molecule has 1 atom stereocenters. The SMILES string of the molecule is CC1CCN(c2nc(C(C)(C)C)nc3nn(Cc4nnnn4C4CC4)nc23)C1. The molecule has 148 valence electrons. The molecule has 0 amide bonds. The molecule has 3 aromatic rings. The summed E-state index contributed by atoms with van der Waals surface area (Å²) in [6, 6.07) is 0.420. The molecule has 1 saturated carbocycles. The zero-order chi connectivity index (χ0) is 19.5. The van der Waals surface area contributed by atoms with Crippen LogP contribution in [0, 0.1) is 5.92 Å². The lowest BCUT2D eigenvalue weighted by molar-refractivity contribution is 0.520. The molecule has 5 rings (SSSR count). The summed E-state index contributed by atoms with van der Waals surface area (Å²) in [5, 5.41) is 21.5. The van der Waals surface area contributed by atoms with Crippen molar-refractivity contribution >= 4 is 17.0 Å². The molecule has 1 unspecified atom stereocenters. The number of tetrazole rings is 1. The van der Waals surface area contributed by atoms with Gasteiger partial charge in [-0.25, -0.2) is 14.6 Å². The van der Waals surface area contributed by atoms with Gasteiger partial charge in [0.2, 0.25) is 5.65 Å². The van der Waals surface area contributed by atoms with Gasteiger partial charge in [-0.15, -0.1) is 15.3 Å². The molecule has 4 heterocycles. The molecule has 0 N–H and O–H groups in total. The van der Waals surface area contributed by atoms with Crippen LogP contribution < -0.4 is 4.90 Å². The average molecular weight is 382 g/mol. The first kappa shape index (κ1) is 17.4. The molecular formula is C18H26N10. The van der Waals surface area contributed by atoms with Crippen molar-refractivity contribution in [1.29, 1.82) is 0 Å². The summed E-state index contributed by atoms with van der Waals surface area (Å²) >= 11 is 0. The van der Waals surface area contributed by atoms with Crippen molar-refractivity contribution in [2.75, 3.05) is 18.0 Å². The van der Waals surface area contributed by atoms with Crippen LogP contribution in [0.15, 0.2) is 0 Å². The van der Waals surface area contributed by atoms with Crippen molar-refractivity contribution in [2.24, 2.45) is 5.92 Å². The molecule has 10 heteroatoms. The largest absolute Gasteiger partial charge is 0.354 e. The van der Waals surface area contributed by atoms with Gasteiger partial charge in [-0.05, 0) is 35.6 Å². The molecule has 0 radical (unpaired) electrons. The Kier molecular flexibility index (Phi) is 3.85. The van der Waals surface area contributed by atoms with Gasteiger partial charge >= 0.3 is 0 Å². The van der Waals surface area contributed by atoms with E-state index in [4.69, 9.17) is 15.1 Å². The van der Waals surface area contributed by atoms with Crippen LogP contribution >= 0.6 is 0 Å². The number of nitrogens with zero attached hydrogens (tertiary/aromatic N) is 10. The van der Waals surface area contributed by atoms with Gasteiger partial charge in [0.25, 0.3) is 0 Å². The Labute approximate surface area is 163 Å². The van der Waals surface area contributed by atoms with Crippen molar-refractivity contribution in [3.8, 4) is 0 Å². The van der Waals surface area contributed by atoms with Crippen LogP contribution in [0.2, 0.25) is 0 Å². The maximum Gasteiger partial charge on any atom is 0.207 e. The molecule has 0 bridgehead atoms. The summed E-state index contributed by atoms with van der Waals surface area (Å²) in [5.41, 5.74) is 1.24. The first-order valence-electron chi connectivity index (χ1n) is 10.0. The minimum absolute atomic E-state index is 0.159. The van der Waals surface area contributed by atoms with Crippen LogP contribution in [0.3, 0.4) is 0 Å². The smallest absolute Gasteiger partial charge is 0.207 e. The van der Waals surface area contributed by atoms with E-state index in [-0.39, 0.29) is 5.41 Å². The third kappa shape index (κ3) is 3.10. The van der Waals surface area contributed by atoms with Crippen LogP contribution in [0.5, 0.6) is 0 Å². The van der Waals surface area contributed by atoms with E-state index in [1.165, 1.54) is 6.42 Å². The Hall–Kier alpha value is -2.65. The molecule has 10 nitrogen and oxygen atoms in total. The maximum absolute atomic E-state index is 4.91. The number of anilines is 1. The Morgan fingerprint density at radius 3 is 2.57 bits per heavy atom. The second-order valence-corrected chi connectivity index (χ2v) is 9.13. The minimum atomic E-state index is -0.159. The first-order chi connectivity index (χ1) is 13.4. The van der Waals surface area contributed by atoms with Gasteiger partial charge in [0.15, 0.2) is 17.2 Å². The summed E-state index contributed by atoms with van der Waals surface area (Å²) in [6.45, 7) is 11.1. The second kappa shape index (κ2) is 6.18. The van der Waals surface area contributed by atoms with Crippen molar-refractivity contribution < 1.29 is 0 Å². The van der Waals surface area contributed by atoms with E-state index in [0.717, 1.165) is 48.9 Å². The quantitative estimate of drug-likeness (QED) is 0.672. The molecular weight excluding hydrogens is 356 g/mol. The van der Waals surface area contributed by atoms with Crippen LogP contribution in [0.1, 0.15) is 64.6 Å². The standard InChI is InChI=1S/C18H26N10/c1-11-7-8-26(9-11)16-14-15(19-17(20-16)18(2,3)4)23-27(22-14)10-13-21-24-25-28(13)12-5-6-12/h11-12H,5-10H2,1-4H3. The number of fused-ring (bicyclic) bond motifs is 1. The van der Waals surface area contributed by atoms with Gasteiger partial charge < -0.3 is 4.90 Å². The third-order valence-corrected chi connectivity index (χ3v) is 5.40. The van der Waals surface area contributed by atoms with Gasteiger partial charge in [0, 0.05) is 18.5 Å². The van der Waals surface area contributed by atoms with Crippen molar-refractivity contribution in [3.63, 3.8) is 0 Å². The van der Waals surface area contributed by atoms with Crippen LogP contribution in [0.4, 0.5) is 5.82 Å². The Morgan fingerprint density at radius 1 is 1.07 bits per heavy atom. The highest BCUT2D eigenvalue weighted by atomic mass is 15.6. The maximum atomic E-state index is 4.91. The number of hydrogen-bond acceptors (Lipinski definition) is 8. The zero-order valence-corrected chi connectivity index (χ0v) is 16.9. The van der Waals surface area contributed by atoms with Crippen LogP contribution in [-0.2, 0) is 12.0 Å². The molecule has 1 saturated heterocycles. The summed E-state index contributed by atoms with van der Waals surface area (Å²) in [4.78, 5) is 13.6. The highest BCUT2D eigenvalue weighted by Crippen LogP contribution is 2.34.